The van der Waals surface area contributed by atoms with Crippen molar-refractivity contribution in [3.63, 3.8) is 0 Å². The number of benzene rings is 2. The lowest BCUT2D eigenvalue weighted by Crippen LogP contribution is -2.41. The Balaban J connectivity index is 1.74. The highest BCUT2D eigenvalue weighted by molar-refractivity contribution is 7.21. The molecule has 0 saturated heterocycles. The van der Waals surface area contributed by atoms with Crippen LogP contribution in [0.15, 0.2) is 36.4 Å². The van der Waals surface area contributed by atoms with E-state index in [0.717, 1.165) is 0 Å². The van der Waals surface area contributed by atoms with Crippen molar-refractivity contribution in [2.45, 2.75) is 13.8 Å². The molecule has 0 spiro atoms. The van der Waals surface area contributed by atoms with Gasteiger partial charge in [0, 0.05) is 15.6 Å². The van der Waals surface area contributed by atoms with Crippen LogP contribution in [0.1, 0.15) is 32.5 Å². The number of hydrogen-bond acceptors (Lipinski definition) is 5. The van der Waals surface area contributed by atoms with E-state index in [1.807, 2.05) is 6.92 Å². The molecule has 2 amide bonds. The second-order valence-electron chi connectivity index (χ2n) is 5.88. The molecule has 0 saturated carbocycles. The van der Waals surface area contributed by atoms with E-state index >= 15 is 0 Å². The third-order valence-electron chi connectivity index (χ3n) is 4.12. The highest BCUT2D eigenvalue weighted by Gasteiger charge is 2.19. The predicted octanol–water partition coefficient (Wildman–Crippen LogP) is 3.83. The molecule has 2 aromatic carbocycles. The molecular formula is C20H19FN2O4S. The van der Waals surface area contributed by atoms with Gasteiger partial charge < -0.3 is 9.47 Å². The number of ether oxygens (including phenoxy) is 2. The maximum absolute atomic E-state index is 14.0. The number of halogens is 1. The Bertz CT molecular complexity index is 1050. The van der Waals surface area contributed by atoms with Crippen molar-refractivity contribution in [1.29, 1.82) is 0 Å². The normalized spacial score (nSPS) is 10.6. The van der Waals surface area contributed by atoms with E-state index in [0.29, 0.717) is 44.2 Å². The number of carbonyl (C=O) groups is 2. The van der Waals surface area contributed by atoms with E-state index in [4.69, 9.17) is 9.47 Å². The van der Waals surface area contributed by atoms with Crippen LogP contribution in [0.4, 0.5) is 4.39 Å². The van der Waals surface area contributed by atoms with Crippen molar-refractivity contribution in [2.75, 3.05) is 13.7 Å². The third-order valence-corrected chi connectivity index (χ3v) is 5.38. The maximum Gasteiger partial charge on any atom is 0.280 e. The Kier molecular flexibility index (Phi) is 5.79. The molecule has 146 valence electrons. The molecule has 28 heavy (non-hydrogen) atoms. The van der Waals surface area contributed by atoms with E-state index in [2.05, 4.69) is 10.9 Å². The zero-order valence-electron chi connectivity index (χ0n) is 15.6. The van der Waals surface area contributed by atoms with E-state index in [9.17, 15) is 14.0 Å². The number of methoxy groups -OCH3 is 1. The summed E-state index contributed by atoms with van der Waals surface area (Å²) in [5.41, 5.74) is 5.56. The molecule has 0 aliphatic heterocycles. The summed E-state index contributed by atoms with van der Waals surface area (Å²) >= 11 is 1.17. The molecule has 0 fully saturated rings. The highest BCUT2D eigenvalue weighted by atomic mass is 32.1. The van der Waals surface area contributed by atoms with Gasteiger partial charge in [-0.3, -0.25) is 20.4 Å². The van der Waals surface area contributed by atoms with Crippen molar-refractivity contribution in [2.24, 2.45) is 0 Å². The fraction of sp³-hybridized carbons (Fsp3) is 0.200. The maximum atomic E-state index is 14.0. The lowest BCUT2D eigenvalue weighted by atomic mass is 10.1. The number of amides is 2. The SMILES string of the molecule is CCOc1ccc(C(=O)NNC(=O)c2sc3cccc(F)c3c2C)cc1OC. The minimum Gasteiger partial charge on any atom is -0.493 e. The fourth-order valence-electron chi connectivity index (χ4n) is 2.80. The van der Waals surface area contributed by atoms with Gasteiger partial charge in [0.15, 0.2) is 11.5 Å². The standard InChI is InChI=1S/C20H19FN2O4S/c1-4-27-14-9-8-12(10-15(14)26-3)19(24)22-23-20(25)18-11(2)17-13(21)6-5-7-16(17)28-18/h5-10H,4H2,1-3H3,(H,22,24)(H,23,25). The molecule has 0 unspecified atom stereocenters. The van der Waals surface area contributed by atoms with Crippen LogP contribution in [0.5, 0.6) is 11.5 Å². The number of carbonyl (C=O) groups excluding carboxylic acids is 2. The van der Waals surface area contributed by atoms with Crippen molar-refractivity contribution >= 4 is 33.2 Å². The van der Waals surface area contributed by atoms with Gasteiger partial charge >= 0.3 is 0 Å². The molecule has 1 aromatic heterocycles. The number of nitrogens with one attached hydrogen (secondary N) is 2. The quantitative estimate of drug-likeness (QED) is 0.636. The Morgan fingerprint density at radius 1 is 1.11 bits per heavy atom. The predicted molar refractivity (Wildman–Crippen MR) is 106 cm³/mol. The fourth-order valence-corrected chi connectivity index (χ4v) is 3.91. The summed E-state index contributed by atoms with van der Waals surface area (Å²) in [7, 11) is 1.48. The van der Waals surface area contributed by atoms with Crippen LogP contribution in [-0.2, 0) is 0 Å². The number of fused-ring (bicyclic) bond motifs is 1. The summed E-state index contributed by atoms with van der Waals surface area (Å²) in [5, 5.41) is 0.417. The number of hydrazine groups is 1. The largest absolute Gasteiger partial charge is 0.493 e. The first-order valence-corrected chi connectivity index (χ1v) is 9.37. The lowest BCUT2D eigenvalue weighted by molar-refractivity contribution is 0.0848. The van der Waals surface area contributed by atoms with Gasteiger partial charge in [-0.1, -0.05) is 6.07 Å². The van der Waals surface area contributed by atoms with Gasteiger partial charge in [-0.05, 0) is 49.7 Å². The van der Waals surface area contributed by atoms with Crippen LogP contribution >= 0.6 is 11.3 Å². The minimum atomic E-state index is -0.514. The van der Waals surface area contributed by atoms with Gasteiger partial charge in [0.25, 0.3) is 11.8 Å². The molecule has 0 bridgehead atoms. The molecule has 1 heterocycles. The molecule has 8 heteroatoms. The second-order valence-corrected chi connectivity index (χ2v) is 6.93. The topological polar surface area (TPSA) is 76.7 Å². The van der Waals surface area contributed by atoms with Crippen molar-refractivity contribution in [3.8, 4) is 11.5 Å². The van der Waals surface area contributed by atoms with Gasteiger partial charge in [0.05, 0.1) is 18.6 Å². The third kappa shape index (κ3) is 3.77. The Hall–Kier alpha value is -3.13. The van der Waals surface area contributed by atoms with Gasteiger partial charge in [-0.15, -0.1) is 11.3 Å². The first-order valence-electron chi connectivity index (χ1n) is 8.55. The lowest BCUT2D eigenvalue weighted by Gasteiger charge is -2.11. The zero-order chi connectivity index (χ0) is 20.3. The molecule has 0 aliphatic carbocycles. The van der Waals surface area contributed by atoms with E-state index in [-0.39, 0.29) is 5.82 Å². The Morgan fingerprint density at radius 2 is 1.86 bits per heavy atom. The van der Waals surface area contributed by atoms with Crippen LogP contribution < -0.4 is 20.3 Å². The van der Waals surface area contributed by atoms with Gasteiger partial charge in [0.2, 0.25) is 0 Å². The van der Waals surface area contributed by atoms with Gasteiger partial charge in [-0.25, -0.2) is 4.39 Å². The average Bonchev–Trinajstić information content (AvgIpc) is 3.04. The molecule has 0 radical (unpaired) electrons. The van der Waals surface area contributed by atoms with Crippen molar-refractivity contribution in [3.05, 3.63) is 58.2 Å². The average molecular weight is 402 g/mol. The molecule has 3 rings (SSSR count). The molecule has 0 aliphatic rings. The number of rotatable bonds is 5. The van der Waals surface area contributed by atoms with E-state index in [1.165, 1.54) is 30.6 Å². The van der Waals surface area contributed by atoms with Gasteiger partial charge in [-0.2, -0.15) is 0 Å². The number of thiophene rings is 1. The molecular weight excluding hydrogens is 383 g/mol. The molecule has 2 N–H and O–H groups in total. The first-order chi connectivity index (χ1) is 13.5. The van der Waals surface area contributed by atoms with Crippen molar-refractivity contribution in [1.82, 2.24) is 10.9 Å². The minimum absolute atomic E-state index is 0.291. The summed E-state index contributed by atoms with van der Waals surface area (Å²) in [4.78, 5) is 25.1. The van der Waals surface area contributed by atoms with Crippen LogP contribution in [-0.4, -0.2) is 25.5 Å². The van der Waals surface area contributed by atoms with Crippen LogP contribution in [0.25, 0.3) is 10.1 Å². The monoisotopic (exact) mass is 402 g/mol. The summed E-state index contributed by atoms with van der Waals surface area (Å²) in [6, 6.07) is 9.40. The second kappa shape index (κ2) is 8.26. The summed E-state index contributed by atoms with van der Waals surface area (Å²) < 4.78 is 25.3. The van der Waals surface area contributed by atoms with Crippen molar-refractivity contribution < 1.29 is 23.5 Å². The summed E-state index contributed by atoms with van der Waals surface area (Å²) in [6.07, 6.45) is 0. The van der Waals surface area contributed by atoms with Crippen LogP contribution in [0, 0.1) is 12.7 Å². The molecule has 6 nitrogen and oxygen atoms in total. The Morgan fingerprint density at radius 3 is 2.54 bits per heavy atom. The zero-order valence-corrected chi connectivity index (χ0v) is 16.4. The van der Waals surface area contributed by atoms with Gasteiger partial charge in [0.1, 0.15) is 5.82 Å². The number of aryl methyl sites for hydroxylation is 1. The first kappa shape index (κ1) is 19.6. The highest BCUT2D eigenvalue weighted by Crippen LogP contribution is 2.32. The van der Waals surface area contributed by atoms with Crippen LogP contribution in [0.3, 0.4) is 0 Å². The molecule has 0 atom stereocenters. The summed E-state index contributed by atoms with van der Waals surface area (Å²) in [6.45, 7) is 3.99. The number of hydrogen-bond donors (Lipinski definition) is 2. The molecule has 3 aromatic rings. The van der Waals surface area contributed by atoms with E-state index < -0.39 is 11.8 Å². The smallest absolute Gasteiger partial charge is 0.280 e. The van der Waals surface area contributed by atoms with E-state index in [1.54, 1.807) is 31.2 Å². The Labute approximate surface area is 165 Å². The summed E-state index contributed by atoms with van der Waals surface area (Å²) in [5.74, 6) is -0.468. The van der Waals surface area contributed by atoms with Crippen LogP contribution in [0.2, 0.25) is 0 Å².